The number of hydrogen-bond donors (Lipinski definition) is 2. The molecule has 6 rings (SSSR count). The van der Waals surface area contributed by atoms with E-state index in [-0.39, 0.29) is 23.9 Å². The van der Waals surface area contributed by atoms with Crippen LogP contribution in [0.25, 0.3) is 11.5 Å². The van der Waals surface area contributed by atoms with Crippen molar-refractivity contribution in [2.24, 2.45) is 0 Å². The lowest BCUT2D eigenvalue weighted by molar-refractivity contribution is 0.336. The number of pyridine rings is 1. The van der Waals surface area contributed by atoms with Crippen LogP contribution >= 0.6 is 11.8 Å². The minimum absolute atomic E-state index is 0.0795. The lowest BCUT2D eigenvalue weighted by atomic mass is 10.1. The highest BCUT2D eigenvalue weighted by atomic mass is 32.2. The van der Waals surface area contributed by atoms with Crippen molar-refractivity contribution in [1.82, 2.24) is 24.7 Å². The maximum atomic E-state index is 15.7. The third-order valence-electron chi connectivity index (χ3n) is 6.84. The molecule has 1 saturated carbocycles. The van der Waals surface area contributed by atoms with Crippen LogP contribution in [0.2, 0.25) is 0 Å². The SMILES string of the molecule is CCOc1cc(F)c(Cn2nc(-c3ncc(O)c(Nc4ccncc4)n3)c(C)c2C2CC2)c(Sc2ccccc2)c1. The van der Waals surface area contributed by atoms with Gasteiger partial charge < -0.3 is 15.2 Å². The highest BCUT2D eigenvalue weighted by molar-refractivity contribution is 7.99. The van der Waals surface area contributed by atoms with Gasteiger partial charge in [0.05, 0.1) is 19.3 Å². The zero-order valence-electron chi connectivity index (χ0n) is 22.7. The first kappa shape index (κ1) is 26.8. The van der Waals surface area contributed by atoms with Gasteiger partial charge in [0.15, 0.2) is 17.4 Å². The molecular weight excluding hydrogens is 539 g/mol. The third-order valence-corrected chi connectivity index (χ3v) is 7.94. The molecule has 0 saturated heterocycles. The minimum atomic E-state index is -0.337. The third kappa shape index (κ3) is 5.88. The minimum Gasteiger partial charge on any atom is -0.503 e. The van der Waals surface area contributed by atoms with Crippen LogP contribution in [0.4, 0.5) is 15.9 Å². The molecule has 0 bridgehead atoms. The monoisotopic (exact) mass is 568 g/mol. The van der Waals surface area contributed by atoms with Crippen molar-refractivity contribution in [3.63, 3.8) is 0 Å². The fraction of sp³-hybridized carbons (Fsp3) is 0.226. The van der Waals surface area contributed by atoms with Crippen LogP contribution in [0.1, 0.15) is 42.5 Å². The molecule has 10 heteroatoms. The van der Waals surface area contributed by atoms with Gasteiger partial charge in [0.25, 0.3) is 0 Å². The number of benzene rings is 2. The van der Waals surface area contributed by atoms with Crippen LogP contribution in [0.3, 0.4) is 0 Å². The van der Waals surface area contributed by atoms with E-state index in [1.807, 2.05) is 54.9 Å². The Bertz CT molecular complexity index is 1680. The number of aromatic nitrogens is 5. The van der Waals surface area contributed by atoms with Gasteiger partial charge >= 0.3 is 0 Å². The molecular formula is C31H29FN6O2S. The average Bonchev–Trinajstić information content (AvgIpc) is 3.76. The van der Waals surface area contributed by atoms with E-state index in [9.17, 15) is 5.11 Å². The molecule has 2 N–H and O–H groups in total. The summed E-state index contributed by atoms with van der Waals surface area (Å²) in [6.07, 6.45) is 6.77. The Kier molecular flexibility index (Phi) is 7.56. The summed E-state index contributed by atoms with van der Waals surface area (Å²) in [6, 6.07) is 16.8. The summed E-state index contributed by atoms with van der Waals surface area (Å²) >= 11 is 1.50. The van der Waals surface area contributed by atoms with Crippen molar-refractivity contribution in [1.29, 1.82) is 0 Å². The predicted octanol–water partition coefficient (Wildman–Crippen LogP) is 7.11. The number of ether oxygens (including phenoxy) is 1. The molecule has 3 heterocycles. The summed E-state index contributed by atoms with van der Waals surface area (Å²) < 4.78 is 23.3. The Balaban J connectivity index is 1.39. The molecule has 8 nitrogen and oxygen atoms in total. The molecule has 2 aromatic carbocycles. The molecule has 1 aliphatic carbocycles. The van der Waals surface area contributed by atoms with Crippen molar-refractivity contribution in [3.8, 4) is 23.0 Å². The van der Waals surface area contributed by atoms with Gasteiger partial charge in [0.1, 0.15) is 17.3 Å². The van der Waals surface area contributed by atoms with Crippen LogP contribution in [0.5, 0.6) is 11.5 Å². The van der Waals surface area contributed by atoms with E-state index in [2.05, 4.69) is 20.3 Å². The molecule has 0 atom stereocenters. The van der Waals surface area contributed by atoms with E-state index in [1.165, 1.54) is 24.0 Å². The zero-order valence-corrected chi connectivity index (χ0v) is 23.5. The fourth-order valence-electron chi connectivity index (χ4n) is 4.77. The van der Waals surface area contributed by atoms with Gasteiger partial charge in [-0.15, -0.1) is 0 Å². The molecule has 0 aliphatic heterocycles. The molecule has 5 aromatic rings. The second-order valence-corrected chi connectivity index (χ2v) is 10.9. The quantitative estimate of drug-likeness (QED) is 0.184. The number of rotatable bonds is 10. The smallest absolute Gasteiger partial charge is 0.182 e. The van der Waals surface area contributed by atoms with E-state index < -0.39 is 0 Å². The van der Waals surface area contributed by atoms with Crippen LogP contribution in [0.15, 0.2) is 83.0 Å². The topological polar surface area (TPSA) is 98.0 Å². The van der Waals surface area contributed by atoms with Crippen LogP contribution in [-0.4, -0.2) is 36.4 Å². The second kappa shape index (κ2) is 11.6. The van der Waals surface area contributed by atoms with Crippen molar-refractivity contribution < 1.29 is 14.2 Å². The summed E-state index contributed by atoms with van der Waals surface area (Å²) in [5, 5.41) is 18.5. The highest BCUT2D eigenvalue weighted by Gasteiger charge is 2.32. The second-order valence-electron chi connectivity index (χ2n) is 9.81. The highest BCUT2D eigenvalue weighted by Crippen LogP contribution is 2.44. The van der Waals surface area contributed by atoms with E-state index >= 15 is 4.39 Å². The van der Waals surface area contributed by atoms with Gasteiger partial charge in [-0.05, 0) is 57.0 Å². The van der Waals surface area contributed by atoms with Crippen molar-refractivity contribution >= 4 is 23.3 Å². The lowest BCUT2D eigenvalue weighted by Gasteiger charge is -2.15. The van der Waals surface area contributed by atoms with Crippen LogP contribution < -0.4 is 10.1 Å². The van der Waals surface area contributed by atoms with Crippen LogP contribution in [0, 0.1) is 12.7 Å². The first-order chi connectivity index (χ1) is 20.0. The Labute approximate surface area is 241 Å². The molecule has 41 heavy (non-hydrogen) atoms. The van der Waals surface area contributed by atoms with Gasteiger partial charge in [0.2, 0.25) is 0 Å². The Hall–Kier alpha value is -4.44. The van der Waals surface area contributed by atoms with E-state index in [4.69, 9.17) is 9.84 Å². The summed E-state index contributed by atoms with van der Waals surface area (Å²) in [5.41, 5.74) is 3.90. The van der Waals surface area contributed by atoms with E-state index in [1.54, 1.807) is 24.5 Å². The molecule has 0 unspecified atom stereocenters. The first-order valence-corrected chi connectivity index (χ1v) is 14.3. The lowest BCUT2D eigenvalue weighted by Crippen LogP contribution is -2.09. The number of anilines is 2. The van der Waals surface area contributed by atoms with E-state index in [0.717, 1.165) is 39.6 Å². The van der Waals surface area contributed by atoms with Gasteiger partial charge in [-0.25, -0.2) is 14.4 Å². The molecule has 1 aliphatic rings. The maximum Gasteiger partial charge on any atom is 0.182 e. The summed E-state index contributed by atoms with van der Waals surface area (Å²) in [5.74, 6) is 1.07. The number of nitrogens with zero attached hydrogens (tertiary/aromatic N) is 5. The molecule has 3 aromatic heterocycles. The van der Waals surface area contributed by atoms with Gasteiger partial charge in [-0.3, -0.25) is 9.67 Å². The molecule has 0 spiro atoms. The zero-order chi connectivity index (χ0) is 28.3. The summed E-state index contributed by atoms with van der Waals surface area (Å²) in [7, 11) is 0. The van der Waals surface area contributed by atoms with Crippen molar-refractivity contribution in [2.75, 3.05) is 11.9 Å². The summed E-state index contributed by atoms with van der Waals surface area (Å²) in [4.78, 5) is 14.8. The van der Waals surface area contributed by atoms with Gasteiger partial charge in [-0.1, -0.05) is 30.0 Å². The normalized spacial score (nSPS) is 12.9. The summed E-state index contributed by atoms with van der Waals surface area (Å²) in [6.45, 7) is 4.59. The number of nitrogens with one attached hydrogen (secondary N) is 1. The molecule has 0 radical (unpaired) electrons. The van der Waals surface area contributed by atoms with Gasteiger partial charge in [-0.2, -0.15) is 5.10 Å². The first-order valence-electron chi connectivity index (χ1n) is 13.5. The molecule has 0 amide bonds. The predicted molar refractivity (Wildman–Crippen MR) is 156 cm³/mol. The number of halogens is 1. The van der Waals surface area contributed by atoms with Crippen molar-refractivity contribution in [3.05, 3.63) is 95.8 Å². The van der Waals surface area contributed by atoms with Gasteiger partial charge in [0, 0.05) is 56.7 Å². The maximum absolute atomic E-state index is 15.7. The Morgan fingerprint density at radius 1 is 1.12 bits per heavy atom. The molecule has 1 fully saturated rings. The standard InChI is InChI=1S/C31H29FN6O2S/c1-3-40-22-15-25(32)24(27(16-22)41-23-7-5-4-6-8-23)18-38-29(20-9-10-20)19(2)28(37-38)31-34-17-26(39)30(36-31)35-21-11-13-33-14-12-21/h4-8,11-17,20,39H,3,9-10,18H2,1-2H3,(H,33,34,35,36). The van der Waals surface area contributed by atoms with Crippen LogP contribution in [-0.2, 0) is 6.54 Å². The van der Waals surface area contributed by atoms with Crippen molar-refractivity contribution in [2.45, 2.75) is 48.9 Å². The number of aromatic hydroxyl groups is 1. The molecule has 208 valence electrons. The number of hydrogen-bond acceptors (Lipinski definition) is 8. The fourth-order valence-corrected chi connectivity index (χ4v) is 5.78. The Morgan fingerprint density at radius 2 is 1.90 bits per heavy atom. The Morgan fingerprint density at radius 3 is 2.63 bits per heavy atom. The van der Waals surface area contributed by atoms with E-state index in [0.29, 0.717) is 35.4 Å². The average molecular weight is 569 g/mol. The largest absolute Gasteiger partial charge is 0.503 e.